The van der Waals surface area contributed by atoms with E-state index in [1.807, 2.05) is 43.0 Å². The summed E-state index contributed by atoms with van der Waals surface area (Å²) in [5.41, 5.74) is 1.00. The van der Waals surface area contributed by atoms with Gasteiger partial charge in [-0.05, 0) is 69.6 Å². The number of nitrogens with one attached hydrogen (secondary N) is 1. The van der Waals surface area contributed by atoms with Crippen LogP contribution in [0.1, 0.15) is 38.2 Å². The normalized spacial score (nSPS) is 21.1. The van der Waals surface area contributed by atoms with Gasteiger partial charge in [0, 0.05) is 36.0 Å². The molecule has 1 aromatic carbocycles. The van der Waals surface area contributed by atoms with Crippen molar-refractivity contribution in [2.45, 2.75) is 44.7 Å². The van der Waals surface area contributed by atoms with Crippen LogP contribution >= 0.6 is 11.6 Å². The number of ether oxygens (including phenoxy) is 1. The van der Waals surface area contributed by atoms with Gasteiger partial charge >= 0.3 is 6.09 Å². The third-order valence-electron chi connectivity index (χ3n) is 6.38. The Morgan fingerprint density at radius 2 is 1.82 bits per heavy atom. The van der Waals surface area contributed by atoms with Crippen molar-refractivity contribution < 1.29 is 18.7 Å². The number of halogens is 2. The molecule has 0 aromatic heterocycles. The van der Waals surface area contributed by atoms with Gasteiger partial charge in [-0.2, -0.15) is 0 Å². The molecule has 6 nitrogen and oxygen atoms in total. The minimum absolute atomic E-state index is 0.0102. The van der Waals surface area contributed by atoms with Gasteiger partial charge in [0.1, 0.15) is 11.6 Å². The predicted molar refractivity (Wildman–Crippen MR) is 132 cm³/mol. The van der Waals surface area contributed by atoms with Crippen LogP contribution in [0.25, 0.3) is 0 Å². The molecule has 2 amide bonds. The lowest BCUT2D eigenvalue weighted by Crippen LogP contribution is -2.49. The Balaban J connectivity index is 1.86. The molecule has 0 unspecified atom stereocenters. The van der Waals surface area contributed by atoms with Crippen molar-refractivity contribution in [3.63, 3.8) is 0 Å². The fourth-order valence-corrected chi connectivity index (χ4v) is 4.85. The second-order valence-electron chi connectivity index (χ2n) is 9.11. The molecule has 0 saturated carbocycles. The molecule has 2 aliphatic rings. The van der Waals surface area contributed by atoms with Crippen LogP contribution in [-0.2, 0) is 9.53 Å². The number of carbonyl (C=O) groups is 2. The average molecular weight is 490 g/mol. The number of rotatable bonds is 7. The summed E-state index contributed by atoms with van der Waals surface area (Å²) in [6.45, 7) is 13.2. The number of benzene rings is 1. The maximum Gasteiger partial charge on any atom is 0.415 e. The highest BCUT2D eigenvalue weighted by molar-refractivity contribution is 6.30. The zero-order chi connectivity index (χ0) is 24.8. The minimum atomic E-state index is -0.663. The lowest BCUT2D eigenvalue weighted by Gasteiger charge is -2.35. The van der Waals surface area contributed by atoms with Crippen LogP contribution in [0.2, 0.25) is 5.02 Å². The van der Waals surface area contributed by atoms with E-state index in [0.717, 1.165) is 37.6 Å². The van der Waals surface area contributed by atoms with Gasteiger partial charge in [0.15, 0.2) is 0 Å². The van der Waals surface area contributed by atoms with Gasteiger partial charge < -0.3 is 15.0 Å². The second-order valence-corrected chi connectivity index (χ2v) is 9.54. The Hall–Kier alpha value is -2.64. The Kier molecular flexibility index (Phi) is 8.91. The molecule has 0 aliphatic carbocycles. The molecule has 2 heterocycles. The number of nitrogens with zero attached hydrogens (tertiary/aromatic N) is 2. The van der Waals surface area contributed by atoms with Crippen molar-refractivity contribution in [2.24, 2.45) is 5.92 Å². The van der Waals surface area contributed by atoms with Crippen LogP contribution in [0.15, 0.2) is 61.2 Å². The standard InChI is InChI=1S/C26H33ClFN3O3/c1-17(2)31(26(33)34-19(4)6-5-18(3)28)24-16-30(25(32)21-11-13-29-14-12-21)15-23(24)20-7-9-22(27)10-8-20/h5-10,17,21,23-24,29H,3-4,11-16H2,1-2H3/b6-5-/t23-,24+/m0/s1. The molecule has 1 aromatic rings. The fraction of sp³-hybridized carbons (Fsp3) is 0.462. The van der Waals surface area contributed by atoms with E-state index in [1.165, 1.54) is 6.08 Å². The molecule has 0 bridgehead atoms. The highest BCUT2D eigenvalue weighted by Gasteiger charge is 2.44. The molecule has 2 fully saturated rings. The first-order valence-corrected chi connectivity index (χ1v) is 12.0. The van der Waals surface area contributed by atoms with Crippen molar-refractivity contribution in [3.8, 4) is 0 Å². The van der Waals surface area contributed by atoms with Crippen LogP contribution in [0.3, 0.4) is 0 Å². The first-order valence-electron chi connectivity index (χ1n) is 11.6. The SMILES string of the molecule is C=C(F)/C=C\C(=C)OC(=O)N(C(C)C)[C@@H]1CN(C(=O)C2CCNCC2)C[C@H]1c1ccc(Cl)cc1. The third kappa shape index (κ3) is 6.48. The first kappa shape index (κ1) is 26.0. The van der Waals surface area contributed by atoms with Crippen LogP contribution in [-0.4, -0.2) is 60.1 Å². The summed E-state index contributed by atoms with van der Waals surface area (Å²) in [5.74, 6) is -0.633. The highest BCUT2D eigenvalue weighted by atomic mass is 35.5. The van der Waals surface area contributed by atoms with Crippen LogP contribution in [0.4, 0.5) is 9.18 Å². The van der Waals surface area contributed by atoms with Crippen LogP contribution in [0.5, 0.6) is 0 Å². The van der Waals surface area contributed by atoms with Gasteiger partial charge in [-0.3, -0.25) is 9.69 Å². The topological polar surface area (TPSA) is 61.9 Å². The van der Waals surface area contributed by atoms with E-state index < -0.39 is 11.9 Å². The number of hydrogen-bond donors (Lipinski definition) is 1. The van der Waals surface area contributed by atoms with Crippen molar-refractivity contribution in [1.82, 2.24) is 15.1 Å². The molecular formula is C26H33ClFN3O3. The Morgan fingerprint density at radius 3 is 2.41 bits per heavy atom. The van der Waals surface area contributed by atoms with E-state index in [-0.39, 0.29) is 35.6 Å². The number of carbonyl (C=O) groups excluding carboxylic acids is 2. The molecule has 34 heavy (non-hydrogen) atoms. The summed E-state index contributed by atoms with van der Waals surface area (Å²) in [5, 5.41) is 3.92. The largest absolute Gasteiger partial charge is 0.415 e. The van der Waals surface area contributed by atoms with Gasteiger partial charge in [0.2, 0.25) is 5.91 Å². The van der Waals surface area contributed by atoms with E-state index >= 15 is 0 Å². The van der Waals surface area contributed by atoms with E-state index in [9.17, 15) is 14.0 Å². The zero-order valence-electron chi connectivity index (χ0n) is 19.8. The third-order valence-corrected chi connectivity index (χ3v) is 6.63. The first-order chi connectivity index (χ1) is 16.2. The van der Waals surface area contributed by atoms with Crippen molar-refractivity contribution in [1.29, 1.82) is 0 Å². The van der Waals surface area contributed by atoms with Crippen molar-refractivity contribution in [3.05, 3.63) is 71.7 Å². The highest BCUT2D eigenvalue weighted by Crippen LogP contribution is 2.35. The number of hydrogen-bond acceptors (Lipinski definition) is 4. The number of allylic oxidation sites excluding steroid dienone is 3. The maximum absolute atomic E-state index is 13.3. The lowest BCUT2D eigenvalue weighted by atomic mass is 9.92. The molecule has 2 atom stereocenters. The van der Waals surface area contributed by atoms with Crippen LogP contribution in [0, 0.1) is 5.92 Å². The summed E-state index contributed by atoms with van der Waals surface area (Å²) < 4.78 is 18.4. The Labute approximate surface area is 206 Å². The predicted octanol–water partition coefficient (Wildman–Crippen LogP) is 5.03. The van der Waals surface area contributed by atoms with Gasteiger partial charge in [0.25, 0.3) is 0 Å². The van der Waals surface area contributed by atoms with Gasteiger partial charge in [0.05, 0.1) is 6.04 Å². The molecule has 1 N–H and O–H groups in total. The molecule has 8 heteroatoms. The molecule has 2 aliphatic heterocycles. The van der Waals surface area contributed by atoms with Gasteiger partial charge in [-0.25, -0.2) is 9.18 Å². The summed E-state index contributed by atoms with van der Waals surface area (Å²) in [7, 11) is 0. The summed E-state index contributed by atoms with van der Waals surface area (Å²) in [4.78, 5) is 30.1. The maximum atomic E-state index is 13.3. The molecule has 184 valence electrons. The van der Waals surface area contributed by atoms with E-state index in [1.54, 1.807) is 4.90 Å². The van der Waals surface area contributed by atoms with E-state index in [4.69, 9.17) is 16.3 Å². The smallest absolute Gasteiger partial charge is 0.411 e. The molecule has 0 radical (unpaired) electrons. The monoisotopic (exact) mass is 489 g/mol. The van der Waals surface area contributed by atoms with E-state index in [0.29, 0.717) is 18.1 Å². The van der Waals surface area contributed by atoms with Gasteiger partial charge in [-0.15, -0.1) is 0 Å². The summed E-state index contributed by atoms with van der Waals surface area (Å²) in [6.07, 6.45) is 3.38. The quantitative estimate of drug-likeness (QED) is 0.431. The Morgan fingerprint density at radius 1 is 1.18 bits per heavy atom. The number of piperidine rings is 1. The van der Waals surface area contributed by atoms with E-state index in [2.05, 4.69) is 18.5 Å². The fourth-order valence-electron chi connectivity index (χ4n) is 4.72. The van der Waals surface area contributed by atoms with Crippen LogP contribution < -0.4 is 5.32 Å². The summed E-state index contributed by atoms with van der Waals surface area (Å²) >= 11 is 6.10. The molecular weight excluding hydrogens is 457 g/mol. The second kappa shape index (κ2) is 11.7. The number of likely N-dealkylation sites (tertiary alicyclic amines) is 1. The van der Waals surface area contributed by atoms with Crippen molar-refractivity contribution >= 4 is 23.6 Å². The van der Waals surface area contributed by atoms with Crippen molar-refractivity contribution in [2.75, 3.05) is 26.2 Å². The summed E-state index contributed by atoms with van der Waals surface area (Å²) in [6, 6.07) is 7.02. The Bertz CT molecular complexity index is 941. The molecule has 2 saturated heterocycles. The molecule has 0 spiro atoms. The lowest BCUT2D eigenvalue weighted by molar-refractivity contribution is -0.135. The average Bonchev–Trinajstić information content (AvgIpc) is 3.22. The molecule has 3 rings (SSSR count). The van der Waals surface area contributed by atoms with Gasteiger partial charge in [-0.1, -0.05) is 36.9 Å². The minimum Gasteiger partial charge on any atom is -0.411 e. The number of amides is 2. The zero-order valence-corrected chi connectivity index (χ0v) is 20.6.